The van der Waals surface area contributed by atoms with Crippen molar-refractivity contribution in [1.82, 2.24) is 0 Å². The number of thiocarbonyl (C=S) groups is 1. The SMILES string of the molecule is CCC[CH2][Sn]([CH2]CCC)([CH2]CCC)[CH](OC(=S)SC)C(CCC=O)CCCC#C[Si](C)(C)C. The van der Waals surface area contributed by atoms with Crippen LogP contribution in [0.15, 0.2) is 0 Å². The Hall–Kier alpha value is 0.486. The molecule has 2 atom stereocenters. The summed E-state index contributed by atoms with van der Waals surface area (Å²) in [5.41, 5.74) is 3.51. The maximum absolute atomic E-state index is 11.4. The summed E-state index contributed by atoms with van der Waals surface area (Å²) >= 11 is 4.51. The zero-order valence-electron chi connectivity index (χ0n) is 22.8. The van der Waals surface area contributed by atoms with Crippen molar-refractivity contribution in [2.75, 3.05) is 6.26 Å². The van der Waals surface area contributed by atoms with E-state index in [2.05, 4.69) is 51.9 Å². The zero-order chi connectivity index (χ0) is 25.2. The van der Waals surface area contributed by atoms with Crippen LogP contribution in [0.1, 0.15) is 91.4 Å². The number of thioether (sulfide) groups is 1. The normalized spacial score (nSPS) is 13.7. The van der Waals surface area contributed by atoms with Gasteiger partial charge in [-0.25, -0.2) is 0 Å². The van der Waals surface area contributed by atoms with E-state index in [1.165, 1.54) is 51.8 Å². The second kappa shape index (κ2) is 19.6. The van der Waals surface area contributed by atoms with Crippen molar-refractivity contribution in [2.45, 2.75) is 128 Å². The third-order valence-corrected chi connectivity index (χ3v) is 25.1. The summed E-state index contributed by atoms with van der Waals surface area (Å²) in [5, 5.41) is 0. The number of aldehydes is 1. The first-order chi connectivity index (χ1) is 15.7. The van der Waals surface area contributed by atoms with Crippen LogP contribution in [-0.4, -0.2) is 47.5 Å². The molecule has 0 aliphatic rings. The Morgan fingerprint density at radius 1 is 1.00 bits per heavy atom. The van der Waals surface area contributed by atoms with E-state index >= 15 is 0 Å². The number of hydrogen-bond donors (Lipinski definition) is 0. The fraction of sp³-hybridized carbons (Fsp3) is 0.852. The minimum atomic E-state index is -2.71. The zero-order valence-corrected chi connectivity index (χ0v) is 28.3. The first-order valence-electron chi connectivity index (χ1n) is 13.4. The van der Waals surface area contributed by atoms with Crippen LogP contribution in [0.2, 0.25) is 33.0 Å². The van der Waals surface area contributed by atoms with E-state index in [1.807, 2.05) is 6.26 Å². The van der Waals surface area contributed by atoms with E-state index in [1.54, 1.807) is 11.8 Å². The van der Waals surface area contributed by atoms with Crippen molar-refractivity contribution in [3.8, 4) is 11.5 Å². The van der Waals surface area contributed by atoms with Gasteiger partial charge in [0.05, 0.1) is 0 Å². The maximum atomic E-state index is 11.4. The number of carbonyl (C=O) groups excluding carboxylic acids is 1. The molecule has 0 aromatic heterocycles. The molecule has 2 nitrogen and oxygen atoms in total. The van der Waals surface area contributed by atoms with Gasteiger partial charge in [-0.1, -0.05) is 0 Å². The van der Waals surface area contributed by atoms with Crippen molar-refractivity contribution in [1.29, 1.82) is 0 Å². The molecule has 0 bridgehead atoms. The molecule has 0 radical (unpaired) electrons. The molecular weight excluding hydrogens is 567 g/mol. The van der Waals surface area contributed by atoms with E-state index in [0.717, 1.165) is 32.0 Å². The van der Waals surface area contributed by atoms with Crippen LogP contribution < -0.4 is 0 Å². The Morgan fingerprint density at radius 2 is 1.55 bits per heavy atom. The molecule has 0 amide bonds. The van der Waals surface area contributed by atoms with Crippen LogP contribution >= 0.6 is 24.0 Å². The fourth-order valence-corrected chi connectivity index (χ4v) is 24.7. The van der Waals surface area contributed by atoms with Gasteiger partial charge in [0.1, 0.15) is 0 Å². The fourth-order valence-electron chi connectivity index (χ4n) is 4.77. The summed E-state index contributed by atoms with van der Waals surface area (Å²) in [6.45, 7) is 13.9. The quantitative estimate of drug-likeness (QED) is 0.0503. The molecule has 6 heteroatoms. The summed E-state index contributed by atoms with van der Waals surface area (Å²) in [5.74, 6) is 3.90. The van der Waals surface area contributed by atoms with Gasteiger partial charge in [-0.05, 0) is 0 Å². The molecule has 0 spiro atoms. The summed E-state index contributed by atoms with van der Waals surface area (Å²) in [6.07, 6.45) is 15.6. The van der Waals surface area contributed by atoms with Crippen molar-refractivity contribution < 1.29 is 9.53 Å². The van der Waals surface area contributed by atoms with Crippen LogP contribution in [0, 0.1) is 17.4 Å². The van der Waals surface area contributed by atoms with E-state index < -0.39 is 26.5 Å². The standard InChI is InChI=1S/C15H25O2S2Si.3C4H9.Sn/c1-19-15(18)17-13-14(10-8-11-16)9-6-5-7-12-20(2,3)4;3*1-3-4-2;/h11,13-14H,5-6,8-10H2,1-4H3;3*1,3-4H2,2H3;. The van der Waals surface area contributed by atoms with Crippen molar-refractivity contribution in [2.24, 2.45) is 5.92 Å². The van der Waals surface area contributed by atoms with E-state index in [9.17, 15) is 4.79 Å². The van der Waals surface area contributed by atoms with Crippen LogP contribution in [0.5, 0.6) is 0 Å². The molecule has 0 aromatic rings. The molecule has 0 N–H and O–H groups in total. The van der Waals surface area contributed by atoms with Crippen LogP contribution in [0.3, 0.4) is 0 Å². The Kier molecular flexibility index (Phi) is 19.9. The summed E-state index contributed by atoms with van der Waals surface area (Å²) < 4.78 is 12.0. The van der Waals surface area contributed by atoms with Gasteiger partial charge in [-0.3, -0.25) is 0 Å². The third kappa shape index (κ3) is 15.3. The molecule has 0 saturated carbocycles. The minimum absolute atomic E-state index is 0.300. The van der Waals surface area contributed by atoms with Gasteiger partial charge in [-0.2, -0.15) is 0 Å². The van der Waals surface area contributed by atoms with Crippen molar-refractivity contribution >= 4 is 61.1 Å². The summed E-state index contributed by atoms with van der Waals surface area (Å²) in [4.78, 5) is 11.4. The van der Waals surface area contributed by atoms with Gasteiger partial charge in [0.15, 0.2) is 0 Å². The summed E-state index contributed by atoms with van der Waals surface area (Å²) in [6, 6.07) is 0. The number of unbranched alkanes of at least 4 members (excludes halogenated alkanes) is 4. The molecule has 0 heterocycles. The van der Waals surface area contributed by atoms with Gasteiger partial charge in [0.25, 0.3) is 0 Å². The summed E-state index contributed by atoms with van der Waals surface area (Å²) in [7, 11) is -1.32. The molecule has 192 valence electrons. The molecule has 0 aliphatic heterocycles. The molecule has 0 aromatic carbocycles. The number of rotatable bonds is 18. The van der Waals surface area contributed by atoms with Gasteiger partial charge < -0.3 is 0 Å². The topological polar surface area (TPSA) is 26.3 Å². The predicted octanol–water partition coefficient (Wildman–Crippen LogP) is 9.05. The first kappa shape index (κ1) is 33.5. The van der Waals surface area contributed by atoms with Gasteiger partial charge in [0.2, 0.25) is 0 Å². The Morgan fingerprint density at radius 3 is 1.97 bits per heavy atom. The van der Waals surface area contributed by atoms with E-state index in [0.29, 0.717) is 20.8 Å². The first-order valence-corrected chi connectivity index (χ1v) is 26.2. The van der Waals surface area contributed by atoms with Gasteiger partial charge in [0, 0.05) is 0 Å². The number of hydrogen-bond acceptors (Lipinski definition) is 4. The number of ether oxygens (including phenoxy) is 1. The van der Waals surface area contributed by atoms with Crippen LogP contribution in [0.25, 0.3) is 0 Å². The Labute approximate surface area is 221 Å². The van der Waals surface area contributed by atoms with Gasteiger partial charge >= 0.3 is 223 Å². The van der Waals surface area contributed by atoms with Crippen molar-refractivity contribution in [3.63, 3.8) is 0 Å². The van der Waals surface area contributed by atoms with Crippen LogP contribution in [0.4, 0.5) is 0 Å². The molecule has 33 heavy (non-hydrogen) atoms. The average Bonchev–Trinajstić information content (AvgIpc) is 2.78. The predicted molar refractivity (Wildman–Crippen MR) is 160 cm³/mol. The Balaban J connectivity index is 6.04. The Bertz CT molecular complexity index is 573. The monoisotopic (exact) mass is 620 g/mol. The molecule has 2 unspecified atom stereocenters. The second-order valence-corrected chi connectivity index (χ2v) is 30.5. The van der Waals surface area contributed by atoms with Gasteiger partial charge in [-0.15, -0.1) is 0 Å². The molecule has 0 fully saturated rings. The average molecular weight is 620 g/mol. The second-order valence-electron chi connectivity index (χ2n) is 10.6. The third-order valence-electron chi connectivity index (χ3n) is 6.50. The molecule has 0 saturated heterocycles. The van der Waals surface area contributed by atoms with Crippen LogP contribution in [-0.2, 0) is 9.53 Å². The van der Waals surface area contributed by atoms with E-state index in [4.69, 9.17) is 17.0 Å². The van der Waals surface area contributed by atoms with Crippen molar-refractivity contribution in [3.05, 3.63) is 0 Å². The molecule has 0 aliphatic carbocycles. The molecular formula is C27H52O2S2SiSn. The van der Waals surface area contributed by atoms with E-state index in [-0.39, 0.29) is 0 Å². The molecule has 0 rings (SSSR count). The number of carbonyl (C=O) groups is 1.